The third-order valence-corrected chi connectivity index (χ3v) is 3.95. The Hall–Kier alpha value is -1.03. The van der Waals surface area contributed by atoms with Crippen LogP contribution < -0.4 is 0 Å². The predicted molar refractivity (Wildman–Crippen MR) is 75.0 cm³/mol. The van der Waals surface area contributed by atoms with Crippen LogP contribution >= 0.6 is 0 Å². The third-order valence-electron chi connectivity index (χ3n) is 3.95. The molecule has 0 saturated heterocycles. The molecule has 0 aromatic carbocycles. The first-order valence-electron chi connectivity index (χ1n) is 8.07. The van der Waals surface area contributed by atoms with Gasteiger partial charge >= 0.3 is 18.3 Å². The normalized spacial score (nSPS) is 25.1. The standard InChI is InChI=1S/C15H22F6O4/c16-14(17,18)5-1-7-24-11-4-3-10(13(22)23)9-12(11)25-8-2-6-15(19,20)21/h10-12H,1-9H2,(H,22,23). The molecule has 0 spiro atoms. The molecule has 0 aromatic rings. The van der Waals surface area contributed by atoms with Gasteiger partial charge in [-0.1, -0.05) is 0 Å². The van der Waals surface area contributed by atoms with Crippen LogP contribution in [-0.4, -0.2) is 48.9 Å². The Kier molecular flexibility index (Phi) is 8.46. The highest BCUT2D eigenvalue weighted by Crippen LogP contribution is 2.30. The quantitative estimate of drug-likeness (QED) is 0.478. The van der Waals surface area contributed by atoms with E-state index in [4.69, 9.17) is 14.6 Å². The van der Waals surface area contributed by atoms with Crippen LogP contribution in [0.5, 0.6) is 0 Å². The molecular weight excluding hydrogens is 358 g/mol. The maximum atomic E-state index is 12.1. The number of hydrogen-bond acceptors (Lipinski definition) is 3. The Balaban J connectivity index is 2.44. The number of rotatable bonds is 9. The van der Waals surface area contributed by atoms with Crippen LogP contribution in [0.2, 0.25) is 0 Å². The third kappa shape index (κ3) is 9.88. The lowest BCUT2D eigenvalue weighted by Crippen LogP contribution is -2.40. The van der Waals surface area contributed by atoms with Crippen LogP contribution in [0, 0.1) is 5.92 Å². The molecule has 4 nitrogen and oxygen atoms in total. The topological polar surface area (TPSA) is 55.8 Å². The Morgan fingerprint density at radius 1 is 0.880 bits per heavy atom. The summed E-state index contributed by atoms with van der Waals surface area (Å²) in [5, 5.41) is 9.05. The summed E-state index contributed by atoms with van der Waals surface area (Å²) in [6.45, 7) is -0.372. The highest BCUT2D eigenvalue weighted by molar-refractivity contribution is 5.70. The van der Waals surface area contributed by atoms with Gasteiger partial charge in [-0.15, -0.1) is 0 Å². The number of aliphatic carboxylic acids is 1. The van der Waals surface area contributed by atoms with E-state index in [1.165, 1.54) is 0 Å². The number of carboxylic acids is 1. The highest BCUT2D eigenvalue weighted by Gasteiger charge is 2.36. The van der Waals surface area contributed by atoms with E-state index in [0.717, 1.165) is 0 Å². The fraction of sp³-hybridized carbons (Fsp3) is 0.933. The minimum atomic E-state index is -4.30. The number of carboxylic acid groups (broad SMARTS) is 1. The molecule has 10 heteroatoms. The van der Waals surface area contributed by atoms with Crippen molar-refractivity contribution in [2.24, 2.45) is 5.92 Å². The second-order valence-corrected chi connectivity index (χ2v) is 6.10. The lowest BCUT2D eigenvalue weighted by molar-refractivity contribution is -0.157. The lowest BCUT2D eigenvalue weighted by atomic mass is 9.85. The second-order valence-electron chi connectivity index (χ2n) is 6.10. The van der Waals surface area contributed by atoms with Crippen LogP contribution in [-0.2, 0) is 14.3 Å². The number of hydrogen-bond donors (Lipinski definition) is 1. The monoisotopic (exact) mass is 380 g/mol. The summed E-state index contributed by atoms with van der Waals surface area (Å²) in [4.78, 5) is 11.1. The largest absolute Gasteiger partial charge is 0.481 e. The van der Waals surface area contributed by atoms with E-state index >= 15 is 0 Å². The molecule has 1 fully saturated rings. The van der Waals surface area contributed by atoms with Crippen molar-refractivity contribution in [2.75, 3.05) is 13.2 Å². The Labute approximate surface area is 141 Å². The van der Waals surface area contributed by atoms with Gasteiger partial charge in [0.15, 0.2) is 0 Å². The fourth-order valence-corrected chi connectivity index (χ4v) is 2.71. The lowest BCUT2D eigenvalue weighted by Gasteiger charge is -2.34. The van der Waals surface area contributed by atoms with Crippen molar-refractivity contribution >= 4 is 5.97 Å². The van der Waals surface area contributed by atoms with E-state index < -0.39 is 49.3 Å². The molecule has 0 radical (unpaired) electrons. The maximum Gasteiger partial charge on any atom is 0.389 e. The van der Waals surface area contributed by atoms with Crippen molar-refractivity contribution in [2.45, 2.75) is 69.5 Å². The van der Waals surface area contributed by atoms with Crippen LogP contribution in [0.25, 0.3) is 0 Å². The summed E-state index contributed by atoms with van der Waals surface area (Å²) >= 11 is 0. The first-order chi connectivity index (χ1) is 11.5. The van der Waals surface area contributed by atoms with E-state index in [0.29, 0.717) is 6.42 Å². The molecule has 0 aliphatic heterocycles. The van der Waals surface area contributed by atoms with Crippen LogP contribution in [0.3, 0.4) is 0 Å². The first-order valence-corrected chi connectivity index (χ1v) is 8.07. The molecule has 0 heterocycles. The Morgan fingerprint density at radius 2 is 1.36 bits per heavy atom. The zero-order valence-electron chi connectivity index (χ0n) is 13.5. The van der Waals surface area contributed by atoms with Crippen molar-refractivity contribution < 1.29 is 45.7 Å². The number of carbonyl (C=O) groups is 1. The minimum Gasteiger partial charge on any atom is -0.481 e. The number of alkyl halides is 6. The SMILES string of the molecule is O=C(O)C1CCC(OCCCC(F)(F)F)C(OCCCC(F)(F)F)C1. The van der Waals surface area contributed by atoms with Gasteiger partial charge in [-0.25, -0.2) is 0 Å². The molecule has 1 saturated carbocycles. The minimum absolute atomic E-state index is 0.0747. The number of halogens is 6. The smallest absolute Gasteiger partial charge is 0.389 e. The summed E-state index contributed by atoms with van der Waals surface area (Å²) < 4.78 is 83.4. The molecule has 1 rings (SSSR count). The summed E-state index contributed by atoms with van der Waals surface area (Å²) in [7, 11) is 0. The zero-order valence-corrected chi connectivity index (χ0v) is 13.5. The molecule has 3 atom stereocenters. The predicted octanol–water partition coefficient (Wildman–Crippen LogP) is 4.33. The van der Waals surface area contributed by atoms with E-state index in [2.05, 4.69) is 0 Å². The van der Waals surface area contributed by atoms with Crippen LogP contribution in [0.1, 0.15) is 44.9 Å². The molecule has 1 aliphatic carbocycles. The van der Waals surface area contributed by atoms with E-state index in [1.54, 1.807) is 0 Å². The number of ether oxygens (including phenoxy) is 2. The summed E-state index contributed by atoms with van der Waals surface area (Å²) in [5.74, 6) is -1.72. The molecule has 1 N–H and O–H groups in total. The molecule has 148 valence electrons. The van der Waals surface area contributed by atoms with Crippen molar-refractivity contribution in [3.63, 3.8) is 0 Å². The second kappa shape index (κ2) is 9.61. The molecule has 25 heavy (non-hydrogen) atoms. The molecule has 0 bridgehead atoms. The molecule has 1 aliphatic rings. The summed E-state index contributed by atoms with van der Waals surface area (Å²) in [5.41, 5.74) is 0. The van der Waals surface area contributed by atoms with Gasteiger partial charge in [-0.05, 0) is 32.1 Å². The van der Waals surface area contributed by atoms with Gasteiger partial charge in [-0.3, -0.25) is 4.79 Å². The van der Waals surface area contributed by atoms with Gasteiger partial charge in [0, 0.05) is 26.1 Å². The maximum absolute atomic E-state index is 12.1. The Bertz CT molecular complexity index is 410. The zero-order chi connectivity index (χ0) is 19.1. The van der Waals surface area contributed by atoms with E-state index in [-0.39, 0.29) is 38.9 Å². The van der Waals surface area contributed by atoms with Gasteiger partial charge in [0.1, 0.15) is 0 Å². The van der Waals surface area contributed by atoms with Crippen molar-refractivity contribution in [3.05, 3.63) is 0 Å². The van der Waals surface area contributed by atoms with E-state index in [9.17, 15) is 31.1 Å². The van der Waals surface area contributed by atoms with Gasteiger partial charge in [0.25, 0.3) is 0 Å². The van der Waals surface area contributed by atoms with Gasteiger partial charge in [0.2, 0.25) is 0 Å². The average Bonchev–Trinajstić information content (AvgIpc) is 2.46. The van der Waals surface area contributed by atoms with Gasteiger partial charge in [-0.2, -0.15) is 26.3 Å². The molecule has 0 aromatic heterocycles. The van der Waals surface area contributed by atoms with Gasteiger partial charge < -0.3 is 14.6 Å². The van der Waals surface area contributed by atoms with Crippen LogP contribution in [0.15, 0.2) is 0 Å². The summed E-state index contributed by atoms with van der Waals surface area (Å²) in [6, 6.07) is 0. The van der Waals surface area contributed by atoms with Gasteiger partial charge in [0.05, 0.1) is 18.1 Å². The Morgan fingerprint density at radius 3 is 1.80 bits per heavy atom. The fourth-order valence-electron chi connectivity index (χ4n) is 2.71. The molecular formula is C15H22F6O4. The van der Waals surface area contributed by atoms with Crippen LogP contribution in [0.4, 0.5) is 26.3 Å². The first kappa shape index (κ1) is 22.0. The average molecular weight is 380 g/mol. The molecule has 0 amide bonds. The van der Waals surface area contributed by atoms with Crippen molar-refractivity contribution in [1.29, 1.82) is 0 Å². The van der Waals surface area contributed by atoms with Crippen molar-refractivity contribution in [3.8, 4) is 0 Å². The molecule has 3 unspecified atom stereocenters. The summed E-state index contributed by atoms with van der Waals surface area (Å²) in [6.07, 6.45) is -11.8. The van der Waals surface area contributed by atoms with E-state index in [1.807, 2.05) is 0 Å². The van der Waals surface area contributed by atoms with Crippen molar-refractivity contribution in [1.82, 2.24) is 0 Å². The highest BCUT2D eigenvalue weighted by atomic mass is 19.4.